The van der Waals surface area contributed by atoms with Gasteiger partial charge in [-0.3, -0.25) is 0 Å². The minimum absolute atomic E-state index is 0.0166. The zero-order valence-electron chi connectivity index (χ0n) is 7.26. The van der Waals surface area contributed by atoms with Gasteiger partial charge in [0.1, 0.15) is 0 Å². The molecular weight excluding hydrogens is 164 g/mol. The van der Waals surface area contributed by atoms with E-state index >= 15 is 0 Å². The molecule has 1 rings (SSSR count). The summed E-state index contributed by atoms with van der Waals surface area (Å²) in [5.41, 5.74) is 0. The number of rotatable bonds is 4. The quantitative estimate of drug-likeness (QED) is 0.694. The van der Waals surface area contributed by atoms with Gasteiger partial charge >= 0.3 is 0 Å². The summed E-state index contributed by atoms with van der Waals surface area (Å²) >= 11 is 0. The monoisotopic (exact) mass is 179 g/mol. The van der Waals surface area contributed by atoms with Crippen LogP contribution in [0.15, 0.2) is 0 Å². The van der Waals surface area contributed by atoms with Crippen LogP contribution in [0.1, 0.15) is 12.8 Å². The average molecular weight is 179 g/mol. The van der Waals surface area contributed by atoms with Gasteiger partial charge in [-0.05, 0) is 13.0 Å². The van der Waals surface area contributed by atoms with Crippen LogP contribution in [0.3, 0.4) is 0 Å². The molecule has 0 aromatic carbocycles. The summed E-state index contributed by atoms with van der Waals surface area (Å²) in [6.45, 7) is 1.35. The molecule has 0 spiro atoms. The number of halogens is 2. The fourth-order valence-electron chi connectivity index (χ4n) is 1.62. The van der Waals surface area contributed by atoms with Crippen molar-refractivity contribution < 1.29 is 13.9 Å². The number of likely N-dealkylation sites (N-methyl/N-ethyl adjacent to an activating group) is 1. The Hall–Kier alpha value is -0.220. The van der Waals surface area contributed by atoms with Gasteiger partial charge in [-0.2, -0.15) is 0 Å². The van der Waals surface area contributed by atoms with Crippen molar-refractivity contribution in [3.05, 3.63) is 0 Å². The van der Waals surface area contributed by atoms with Gasteiger partial charge in [0.15, 0.2) is 0 Å². The van der Waals surface area contributed by atoms with Gasteiger partial charge in [-0.25, -0.2) is 8.78 Å². The molecule has 72 valence electrons. The van der Waals surface area contributed by atoms with Crippen LogP contribution in [0.5, 0.6) is 0 Å². The van der Waals surface area contributed by atoms with Crippen molar-refractivity contribution in [2.24, 2.45) is 5.92 Å². The predicted molar refractivity (Wildman–Crippen MR) is 42.3 cm³/mol. The number of nitrogens with zero attached hydrogens (tertiary/aromatic N) is 1. The van der Waals surface area contributed by atoms with E-state index in [4.69, 9.17) is 5.11 Å². The molecule has 1 fully saturated rings. The Morgan fingerprint density at radius 1 is 1.50 bits per heavy atom. The maximum absolute atomic E-state index is 12.4. The van der Waals surface area contributed by atoms with Crippen molar-refractivity contribution in [2.45, 2.75) is 18.8 Å². The van der Waals surface area contributed by atoms with Crippen LogP contribution < -0.4 is 0 Å². The van der Waals surface area contributed by atoms with Crippen LogP contribution >= 0.6 is 0 Å². The molecule has 0 saturated heterocycles. The van der Waals surface area contributed by atoms with Crippen molar-refractivity contribution in [1.29, 1.82) is 0 Å². The summed E-state index contributed by atoms with van der Waals surface area (Å²) in [7, 11) is 1.84. The van der Waals surface area contributed by atoms with Crippen molar-refractivity contribution in [3.8, 4) is 0 Å². The lowest BCUT2D eigenvalue weighted by atomic mass is 9.81. The number of hydrogen-bond acceptors (Lipinski definition) is 2. The van der Waals surface area contributed by atoms with Crippen molar-refractivity contribution in [3.63, 3.8) is 0 Å². The van der Waals surface area contributed by atoms with Crippen LogP contribution in [-0.2, 0) is 0 Å². The Balaban J connectivity index is 2.10. The van der Waals surface area contributed by atoms with Crippen LogP contribution in [-0.4, -0.2) is 42.7 Å². The standard InChI is InChI=1S/C8H15F2NO/c1-11(2-3-12)6-7-4-8(9,10)5-7/h7,12H,2-6H2,1H3. The van der Waals surface area contributed by atoms with Crippen LogP contribution in [0.4, 0.5) is 8.78 Å². The first-order valence-corrected chi connectivity index (χ1v) is 4.21. The molecule has 0 atom stereocenters. The summed E-state index contributed by atoms with van der Waals surface area (Å²) in [6.07, 6.45) is 0.0333. The van der Waals surface area contributed by atoms with Gasteiger partial charge in [0.2, 0.25) is 5.92 Å². The maximum atomic E-state index is 12.4. The molecule has 1 N–H and O–H groups in total. The molecule has 12 heavy (non-hydrogen) atoms. The lowest BCUT2D eigenvalue weighted by Gasteiger charge is -2.37. The highest BCUT2D eigenvalue weighted by Crippen LogP contribution is 2.42. The summed E-state index contributed by atoms with van der Waals surface area (Å²) in [5.74, 6) is -2.29. The third kappa shape index (κ3) is 2.68. The maximum Gasteiger partial charge on any atom is 0.248 e. The molecule has 0 aromatic heterocycles. The summed E-state index contributed by atoms with van der Waals surface area (Å²) in [6, 6.07) is 0. The van der Waals surface area contributed by atoms with E-state index in [1.54, 1.807) is 0 Å². The topological polar surface area (TPSA) is 23.5 Å². The SMILES string of the molecule is CN(CCO)CC1CC(F)(F)C1. The van der Waals surface area contributed by atoms with Gasteiger partial charge in [0.05, 0.1) is 6.61 Å². The molecule has 0 aromatic rings. The predicted octanol–water partition coefficient (Wildman–Crippen LogP) is 0.956. The second-order valence-corrected chi connectivity index (χ2v) is 3.62. The minimum Gasteiger partial charge on any atom is -0.395 e. The van der Waals surface area contributed by atoms with Gasteiger partial charge in [-0.15, -0.1) is 0 Å². The normalized spacial score (nSPS) is 22.8. The zero-order chi connectivity index (χ0) is 9.19. The molecule has 0 radical (unpaired) electrons. The molecule has 2 nitrogen and oxygen atoms in total. The molecule has 1 aliphatic carbocycles. The number of aliphatic hydroxyl groups excluding tert-OH is 1. The smallest absolute Gasteiger partial charge is 0.248 e. The van der Waals surface area contributed by atoms with Crippen LogP contribution in [0.2, 0.25) is 0 Å². The van der Waals surface area contributed by atoms with Gasteiger partial charge in [0.25, 0.3) is 0 Å². The van der Waals surface area contributed by atoms with Crippen LogP contribution in [0, 0.1) is 5.92 Å². The van der Waals surface area contributed by atoms with Crippen LogP contribution in [0.25, 0.3) is 0 Å². The van der Waals surface area contributed by atoms with E-state index in [-0.39, 0.29) is 25.4 Å². The third-order valence-electron chi connectivity index (χ3n) is 2.23. The van der Waals surface area contributed by atoms with E-state index in [0.29, 0.717) is 13.1 Å². The molecule has 4 heteroatoms. The van der Waals surface area contributed by atoms with E-state index in [1.165, 1.54) is 0 Å². The summed E-state index contributed by atoms with van der Waals surface area (Å²) in [4.78, 5) is 1.89. The Labute approximate surface area is 71.2 Å². The first-order valence-electron chi connectivity index (χ1n) is 4.21. The number of alkyl halides is 2. The zero-order valence-corrected chi connectivity index (χ0v) is 7.26. The Kier molecular flexibility index (Phi) is 3.01. The van der Waals surface area contributed by atoms with Crippen molar-refractivity contribution in [2.75, 3.05) is 26.7 Å². The Morgan fingerprint density at radius 3 is 2.50 bits per heavy atom. The molecule has 0 heterocycles. The number of aliphatic hydroxyl groups is 1. The second-order valence-electron chi connectivity index (χ2n) is 3.62. The third-order valence-corrected chi connectivity index (χ3v) is 2.23. The highest BCUT2D eigenvalue weighted by atomic mass is 19.3. The highest BCUT2D eigenvalue weighted by Gasteiger charge is 2.45. The fraction of sp³-hybridized carbons (Fsp3) is 1.00. The minimum atomic E-state index is -2.41. The molecular formula is C8H15F2NO. The summed E-state index contributed by atoms with van der Waals surface area (Å²) < 4.78 is 24.7. The lowest BCUT2D eigenvalue weighted by molar-refractivity contribution is -0.115. The van der Waals surface area contributed by atoms with Crippen molar-refractivity contribution >= 4 is 0 Å². The van der Waals surface area contributed by atoms with E-state index < -0.39 is 5.92 Å². The molecule has 1 aliphatic rings. The Bertz CT molecular complexity index is 144. The first-order chi connectivity index (χ1) is 5.53. The van der Waals surface area contributed by atoms with E-state index in [0.717, 1.165) is 0 Å². The molecule has 0 aliphatic heterocycles. The van der Waals surface area contributed by atoms with Gasteiger partial charge in [-0.1, -0.05) is 0 Å². The molecule has 1 saturated carbocycles. The first kappa shape index (κ1) is 9.86. The van der Waals surface area contributed by atoms with Gasteiger partial charge < -0.3 is 10.0 Å². The van der Waals surface area contributed by atoms with Crippen molar-refractivity contribution in [1.82, 2.24) is 4.90 Å². The number of hydrogen-bond donors (Lipinski definition) is 1. The molecule has 0 amide bonds. The largest absolute Gasteiger partial charge is 0.395 e. The summed E-state index contributed by atoms with van der Waals surface area (Å²) in [5, 5.41) is 8.55. The lowest BCUT2D eigenvalue weighted by Crippen LogP contribution is -2.42. The van der Waals surface area contributed by atoms with E-state index in [1.807, 2.05) is 11.9 Å². The average Bonchev–Trinajstić information content (AvgIpc) is 1.83. The second kappa shape index (κ2) is 3.66. The highest BCUT2D eigenvalue weighted by molar-refractivity contribution is 4.87. The molecule has 0 bridgehead atoms. The molecule has 0 unspecified atom stereocenters. The Morgan fingerprint density at radius 2 is 2.08 bits per heavy atom. The fourth-order valence-corrected chi connectivity index (χ4v) is 1.62. The van der Waals surface area contributed by atoms with E-state index in [9.17, 15) is 8.78 Å². The van der Waals surface area contributed by atoms with E-state index in [2.05, 4.69) is 0 Å². The van der Waals surface area contributed by atoms with Gasteiger partial charge in [0, 0.05) is 25.9 Å².